The number of amides is 2. The van der Waals surface area contributed by atoms with Gasteiger partial charge in [0.2, 0.25) is 11.8 Å². The minimum absolute atomic E-state index is 0. The fourth-order valence-corrected chi connectivity index (χ4v) is 17.4. The van der Waals surface area contributed by atoms with E-state index in [0.717, 1.165) is 57.6 Å². The van der Waals surface area contributed by atoms with E-state index in [1.54, 1.807) is 27.8 Å². The van der Waals surface area contributed by atoms with E-state index < -0.39 is 37.9 Å². The van der Waals surface area contributed by atoms with Gasteiger partial charge in [-0.3, -0.25) is 14.4 Å². The Bertz CT molecular complexity index is 2170. The Labute approximate surface area is 418 Å². The number of primary amides is 1. The number of nitrogens with one attached hydrogen (secondary N) is 2. The van der Waals surface area contributed by atoms with Gasteiger partial charge in [-0.2, -0.15) is 0 Å². The highest BCUT2D eigenvalue weighted by Crippen LogP contribution is 2.57. The number of esters is 1. The number of benzene rings is 6. The third-order valence-corrected chi connectivity index (χ3v) is 21.0. The molecule has 0 aliphatic heterocycles. The predicted molar refractivity (Wildman–Crippen MR) is 296 cm³/mol. The molecule has 8 nitrogen and oxygen atoms in total. The summed E-state index contributed by atoms with van der Waals surface area (Å²) in [5, 5.41) is 14.5. The predicted octanol–water partition coefficient (Wildman–Crippen LogP) is 8.20. The van der Waals surface area contributed by atoms with Gasteiger partial charge in [0.1, 0.15) is 57.9 Å². The number of hydrogen-bond acceptors (Lipinski definition) is 6. The van der Waals surface area contributed by atoms with Crippen LogP contribution in [0.4, 0.5) is 0 Å². The summed E-state index contributed by atoms with van der Waals surface area (Å²) in [4.78, 5) is 37.9. The Kier molecular flexibility index (Phi) is 23.3. The average Bonchev–Trinajstić information content (AvgIpc) is 3.35. The van der Waals surface area contributed by atoms with Crippen molar-refractivity contribution < 1.29 is 19.1 Å². The first kappa shape index (κ1) is 55.6. The summed E-state index contributed by atoms with van der Waals surface area (Å²) in [7, 11) is 0.0242. The minimum Gasteiger partial charge on any atom is -0.459 e. The molecule has 0 fully saturated rings. The molecule has 0 aliphatic rings. The summed E-state index contributed by atoms with van der Waals surface area (Å²) < 4.78 is 5.42. The molecular formula is C57H73BrN4O4P2+2. The van der Waals surface area contributed by atoms with Crippen molar-refractivity contribution in [1.82, 2.24) is 15.5 Å². The number of rotatable bonds is 23. The smallest absolute Gasteiger partial charge is 0.320 e. The quantitative estimate of drug-likeness (QED) is 0.0258. The standard InChI is InChI=1S/C31H39N2O3P.C26H31N2OP.BrH/c1-31(2,3)36-30(35)28(29(32)34)24-33(4)22-14-15-23-37(25-16-8-5-9-17-25,26-18-10-6-11-19-26)27-20-12-7-13-21-27;1-27-26(29)19-21-28-20-11-12-22-30(23-13-5-2-6-14-23,24-15-7-3-8-16-24)25-17-9-4-10-18-25;/h5-13,16-21,28H,14-15,22-24H2,1-4H3,(H-,32,34);2-10,13-18,28H,11-12,19-22H2,1H3;1H/p+2. The zero-order valence-electron chi connectivity index (χ0n) is 40.6. The maximum absolute atomic E-state index is 12.5. The first-order chi connectivity index (χ1) is 32.4. The highest BCUT2D eigenvalue weighted by atomic mass is 79.9. The third-order valence-electron chi connectivity index (χ3n) is 11.9. The summed E-state index contributed by atoms with van der Waals surface area (Å²) in [6, 6.07) is 65.7. The van der Waals surface area contributed by atoms with Gasteiger partial charge in [-0.15, -0.1) is 17.0 Å². The number of unbranched alkanes of at least 4 members (excludes halogenated alkanes) is 2. The van der Waals surface area contributed by atoms with Crippen LogP contribution in [0.2, 0.25) is 0 Å². The van der Waals surface area contributed by atoms with Crippen molar-refractivity contribution in [2.75, 3.05) is 52.6 Å². The van der Waals surface area contributed by atoms with Gasteiger partial charge in [0, 0.05) is 26.6 Å². The fraction of sp³-hybridized carbons (Fsp3) is 0.316. The minimum atomic E-state index is -1.86. The Morgan fingerprint density at radius 1 is 0.559 bits per heavy atom. The van der Waals surface area contributed by atoms with Crippen molar-refractivity contribution in [3.8, 4) is 0 Å². The number of carbonyl (C=O) groups excluding carboxylic acids is 3. The molecule has 68 heavy (non-hydrogen) atoms. The monoisotopic (exact) mass is 1020 g/mol. The van der Waals surface area contributed by atoms with Crippen LogP contribution in [-0.4, -0.2) is 80.9 Å². The first-order valence-electron chi connectivity index (χ1n) is 23.6. The molecule has 6 aromatic rings. The maximum atomic E-state index is 12.5. The second-order valence-corrected chi connectivity index (χ2v) is 25.1. The topological polar surface area (TPSA) is 114 Å². The van der Waals surface area contributed by atoms with Crippen LogP contribution in [0.15, 0.2) is 182 Å². The fourth-order valence-electron chi connectivity index (χ4n) is 8.60. The number of hydrogen-bond donors (Lipinski definition) is 3. The van der Waals surface area contributed by atoms with Crippen LogP contribution >= 0.6 is 31.5 Å². The lowest BCUT2D eigenvalue weighted by molar-refractivity contribution is -0.162. The summed E-state index contributed by atoms with van der Waals surface area (Å²) in [6.45, 7) is 8.04. The molecule has 0 saturated carbocycles. The number of halogens is 1. The van der Waals surface area contributed by atoms with Crippen molar-refractivity contribution in [3.05, 3.63) is 182 Å². The number of nitrogens with zero attached hydrogens (tertiary/aromatic N) is 1. The number of ether oxygens (including phenoxy) is 1. The SMILES string of the molecule is Br.CN(CCCC[P+](c1ccccc1)(c1ccccc1)c1ccccc1)CC(C(N)=O)C(=O)OC(C)(C)C.CNC(=O)CCNCCCC[P+](c1ccccc1)(c1ccccc1)c1ccccc1. The van der Waals surface area contributed by atoms with Gasteiger partial charge in [0.15, 0.2) is 0 Å². The molecule has 0 spiro atoms. The summed E-state index contributed by atoms with van der Waals surface area (Å²) in [5.41, 5.74) is 4.88. The molecular weight excluding hydrogens is 947 g/mol. The van der Waals surface area contributed by atoms with Crippen LogP contribution in [-0.2, 0) is 19.1 Å². The number of nitrogens with two attached hydrogens (primary N) is 1. The molecule has 0 radical (unpaired) electrons. The average molecular weight is 1020 g/mol. The van der Waals surface area contributed by atoms with Crippen LogP contribution in [0.1, 0.15) is 52.9 Å². The summed E-state index contributed by atoms with van der Waals surface area (Å²) >= 11 is 0. The molecule has 2 amide bonds. The van der Waals surface area contributed by atoms with E-state index in [0.29, 0.717) is 6.42 Å². The van der Waals surface area contributed by atoms with Crippen molar-refractivity contribution in [3.63, 3.8) is 0 Å². The van der Waals surface area contributed by atoms with Crippen molar-refractivity contribution >= 4 is 81.1 Å². The van der Waals surface area contributed by atoms with Gasteiger partial charge in [0.25, 0.3) is 0 Å². The Hall–Kier alpha value is -5.01. The van der Waals surface area contributed by atoms with Crippen molar-refractivity contribution in [1.29, 1.82) is 0 Å². The van der Waals surface area contributed by atoms with Crippen molar-refractivity contribution in [2.24, 2.45) is 11.7 Å². The molecule has 0 aromatic heterocycles. The lowest BCUT2D eigenvalue weighted by Gasteiger charge is -2.28. The van der Waals surface area contributed by atoms with Gasteiger partial charge in [-0.05, 0) is 139 Å². The van der Waals surface area contributed by atoms with Crippen LogP contribution in [0.5, 0.6) is 0 Å². The lowest BCUT2D eigenvalue weighted by Crippen LogP contribution is -2.42. The second-order valence-electron chi connectivity index (χ2n) is 17.9. The zero-order valence-corrected chi connectivity index (χ0v) is 44.1. The maximum Gasteiger partial charge on any atom is 0.320 e. The third kappa shape index (κ3) is 16.0. The van der Waals surface area contributed by atoms with E-state index in [2.05, 4.69) is 193 Å². The van der Waals surface area contributed by atoms with Crippen LogP contribution in [0.25, 0.3) is 0 Å². The van der Waals surface area contributed by atoms with Gasteiger partial charge in [-0.25, -0.2) is 0 Å². The molecule has 0 saturated heterocycles. The molecule has 0 aliphatic carbocycles. The van der Waals surface area contributed by atoms with Gasteiger partial charge < -0.3 is 26.0 Å². The summed E-state index contributed by atoms with van der Waals surface area (Å²) in [5.74, 6) is -2.10. The Morgan fingerprint density at radius 3 is 1.21 bits per heavy atom. The first-order valence-corrected chi connectivity index (χ1v) is 27.6. The molecule has 0 bridgehead atoms. The van der Waals surface area contributed by atoms with E-state index in [1.807, 2.05) is 11.9 Å². The van der Waals surface area contributed by atoms with E-state index >= 15 is 0 Å². The highest BCUT2D eigenvalue weighted by molar-refractivity contribution is 8.93. The van der Waals surface area contributed by atoms with E-state index in [1.165, 1.54) is 31.8 Å². The molecule has 11 heteroatoms. The molecule has 1 atom stereocenters. The summed E-state index contributed by atoms with van der Waals surface area (Å²) in [6.07, 6.45) is 6.88. The van der Waals surface area contributed by atoms with Gasteiger partial charge in [-0.1, -0.05) is 109 Å². The lowest BCUT2D eigenvalue weighted by atomic mass is 10.1. The Balaban J connectivity index is 0.000000298. The molecule has 360 valence electrons. The normalized spacial score (nSPS) is 11.9. The van der Waals surface area contributed by atoms with Crippen LogP contribution in [0.3, 0.4) is 0 Å². The van der Waals surface area contributed by atoms with Crippen LogP contribution in [0, 0.1) is 5.92 Å². The van der Waals surface area contributed by atoms with E-state index in [9.17, 15) is 14.4 Å². The largest absolute Gasteiger partial charge is 0.459 e. The number of carbonyl (C=O) groups is 3. The second kappa shape index (κ2) is 28.5. The van der Waals surface area contributed by atoms with Crippen molar-refractivity contribution in [2.45, 2.75) is 58.5 Å². The van der Waals surface area contributed by atoms with E-state index in [4.69, 9.17) is 10.5 Å². The van der Waals surface area contributed by atoms with Gasteiger partial charge >= 0.3 is 5.97 Å². The molecule has 4 N–H and O–H groups in total. The van der Waals surface area contributed by atoms with Crippen LogP contribution < -0.4 is 48.2 Å². The molecule has 1 unspecified atom stereocenters. The molecule has 0 heterocycles. The zero-order chi connectivity index (χ0) is 48.0. The van der Waals surface area contributed by atoms with Gasteiger partial charge in [0.05, 0.1) is 12.3 Å². The van der Waals surface area contributed by atoms with E-state index in [-0.39, 0.29) is 29.4 Å². The molecule has 6 rings (SSSR count). The highest BCUT2D eigenvalue weighted by Gasteiger charge is 2.45. The Morgan fingerprint density at radius 2 is 0.897 bits per heavy atom. The molecule has 6 aromatic carbocycles.